The maximum atomic E-state index is 12.3. The Hall–Kier alpha value is -3.66. The molecule has 0 aliphatic rings. The summed E-state index contributed by atoms with van der Waals surface area (Å²) in [4.78, 5) is 42.3. The molecular formula is C20H20N4O5S. The van der Waals surface area contributed by atoms with Crippen LogP contribution in [0, 0.1) is 0 Å². The molecule has 9 nitrogen and oxygen atoms in total. The average molecular weight is 428 g/mol. The highest BCUT2D eigenvalue weighted by molar-refractivity contribution is 7.14. The van der Waals surface area contributed by atoms with Crippen LogP contribution in [0.15, 0.2) is 46.7 Å². The van der Waals surface area contributed by atoms with Crippen LogP contribution in [-0.2, 0) is 11.2 Å². The number of hydrogen-bond acceptors (Lipinski definition) is 7. The van der Waals surface area contributed by atoms with Crippen molar-refractivity contribution < 1.29 is 19.1 Å². The second-order valence-corrected chi connectivity index (χ2v) is 7.01. The number of benzene rings is 1. The Bertz CT molecular complexity index is 1090. The molecule has 0 radical (unpaired) electrons. The molecule has 156 valence electrons. The molecule has 0 saturated heterocycles. The number of amides is 2. The standard InChI is InChI=1S/C20H20N4O5S/c1-28-14-5-6-16(29-2)15(9-14)23-18(26)8-4-13-11-30-20(22-13)24-19(27)12-3-7-17(25)21-10-12/h3,5-7,9-11H,4,8H2,1-2H3,(H,21,25)(H,23,26)(H,22,24,27). The lowest BCUT2D eigenvalue weighted by molar-refractivity contribution is -0.116. The van der Waals surface area contributed by atoms with E-state index in [1.807, 2.05) is 0 Å². The summed E-state index contributed by atoms with van der Waals surface area (Å²) < 4.78 is 10.4. The van der Waals surface area contributed by atoms with Crippen LogP contribution in [0.5, 0.6) is 11.5 Å². The van der Waals surface area contributed by atoms with Gasteiger partial charge >= 0.3 is 0 Å². The number of aromatic amines is 1. The molecule has 3 rings (SSSR count). The molecule has 0 bridgehead atoms. The minimum Gasteiger partial charge on any atom is -0.497 e. The lowest BCUT2D eigenvalue weighted by Gasteiger charge is -2.11. The molecule has 0 aliphatic heterocycles. The van der Waals surface area contributed by atoms with Crippen LogP contribution >= 0.6 is 11.3 Å². The van der Waals surface area contributed by atoms with Crippen molar-refractivity contribution in [3.05, 3.63) is 63.5 Å². The Balaban J connectivity index is 1.55. The summed E-state index contributed by atoms with van der Waals surface area (Å²) in [5, 5.41) is 7.67. The van der Waals surface area contributed by atoms with E-state index in [1.54, 1.807) is 30.7 Å². The van der Waals surface area contributed by atoms with E-state index in [1.165, 1.54) is 36.8 Å². The number of carbonyl (C=O) groups excluding carboxylic acids is 2. The van der Waals surface area contributed by atoms with Gasteiger partial charge in [0.2, 0.25) is 11.5 Å². The van der Waals surface area contributed by atoms with Crippen LogP contribution in [-0.4, -0.2) is 36.0 Å². The monoisotopic (exact) mass is 428 g/mol. The molecule has 0 spiro atoms. The largest absolute Gasteiger partial charge is 0.497 e. The van der Waals surface area contributed by atoms with Crippen molar-refractivity contribution in [2.24, 2.45) is 0 Å². The van der Waals surface area contributed by atoms with Gasteiger partial charge in [-0.3, -0.25) is 19.7 Å². The molecule has 0 aliphatic carbocycles. The molecule has 2 heterocycles. The summed E-state index contributed by atoms with van der Waals surface area (Å²) in [6, 6.07) is 7.85. The fourth-order valence-electron chi connectivity index (χ4n) is 2.57. The van der Waals surface area contributed by atoms with E-state index in [0.29, 0.717) is 40.0 Å². The molecule has 2 amide bonds. The Morgan fingerprint density at radius 1 is 1.13 bits per heavy atom. The van der Waals surface area contributed by atoms with Crippen molar-refractivity contribution in [3.8, 4) is 11.5 Å². The fraction of sp³-hybridized carbons (Fsp3) is 0.200. The van der Waals surface area contributed by atoms with Gasteiger partial charge in [0.15, 0.2) is 5.13 Å². The number of nitrogens with zero attached hydrogens (tertiary/aromatic N) is 1. The highest BCUT2D eigenvalue weighted by Gasteiger charge is 2.12. The van der Waals surface area contributed by atoms with Gasteiger partial charge in [-0.2, -0.15) is 0 Å². The zero-order valence-corrected chi connectivity index (χ0v) is 17.2. The highest BCUT2D eigenvalue weighted by atomic mass is 32.1. The lowest BCUT2D eigenvalue weighted by Crippen LogP contribution is -2.15. The van der Waals surface area contributed by atoms with Gasteiger partial charge in [0.05, 0.1) is 31.2 Å². The number of pyridine rings is 1. The molecule has 3 aromatic rings. The molecule has 2 aromatic heterocycles. The number of nitrogens with one attached hydrogen (secondary N) is 3. The van der Waals surface area contributed by atoms with Crippen LogP contribution in [0.1, 0.15) is 22.5 Å². The Morgan fingerprint density at radius 3 is 2.67 bits per heavy atom. The number of H-pyrrole nitrogens is 1. The first-order valence-electron chi connectivity index (χ1n) is 8.95. The van der Waals surface area contributed by atoms with Crippen LogP contribution in [0.2, 0.25) is 0 Å². The predicted molar refractivity (Wildman–Crippen MR) is 114 cm³/mol. The zero-order chi connectivity index (χ0) is 21.5. The van der Waals surface area contributed by atoms with E-state index in [4.69, 9.17) is 9.47 Å². The SMILES string of the molecule is COc1ccc(OC)c(NC(=O)CCc2csc(NC(=O)c3ccc(=O)[nH]c3)n2)c1. The number of aromatic nitrogens is 2. The number of thiazole rings is 1. The van der Waals surface area contributed by atoms with Crippen molar-refractivity contribution in [2.75, 3.05) is 24.9 Å². The second-order valence-electron chi connectivity index (χ2n) is 6.15. The molecule has 0 atom stereocenters. The normalized spacial score (nSPS) is 10.3. The van der Waals surface area contributed by atoms with E-state index in [2.05, 4.69) is 20.6 Å². The highest BCUT2D eigenvalue weighted by Crippen LogP contribution is 2.29. The van der Waals surface area contributed by atoms with Crippen molar-refractivity contribution in [1.29, 1.82) is 0 Å². The summed E-state index contributed by atoms with van der Waals surface area (Å²) in [6.07, 6.45) is 1.95. The summed E-state index contributed by atoms with van der Waals surface area (Å²) >= 11 is 1.26. The number of anilines is 2. The first-order valence-corrected chi connectivity index (χ1v) is 9.83. The van der Waals surface area contributed by atoms with E-state index in [0.717, 1.165) is 0 Å². The van der Waals surface area contributed by atoms with Gasteiger partial charge in [-0.1, -0.05) is 0 Å². The first-order chi connectivity index (χ1) is 14.5. The minimum atomic E-state index is -0.380. The van der Waals surface area contributed by atoms with E-state index >= 15 is 0 Å². The third-order valence-electron chi connectivity index (χ3n) is 4.11. The van der Waals surface area contributed by atoms with Crippen molar-refractivity contribution in [1.82, 2.24) is 9.97 Å². The zero-order valence-electron chi connectivity index (χ0n) is 16.4. The van der Waals surface area contributed by atoms with Crippen LogP contribution < -0.4 is 25.7 Å². The summed E-state index contributed by atoms with van der Waals surface area (Å²) in [7, 11) is 3.07. The molecule has 30 heavy (non-hydrogen) atoms. The molecule has 0 fully saturated rings. The first kappa shape index (κ1) is 21.1. The number of carbonyl (C=O) groups is 2. The second kappa shape index (κ2) is 9.70. The maximum Gasteiger partial charge on any atom is 0.258 e. The Morgan fingerprint density at radius 2 is 1.97 bits per heavy atom. The summed E-state index contributed by atoms with van der Waals surface area (Å²) in [6.45, 7) is 0. The van der Waals surface area contributed by atoms with Crippen molar-refractivity contribution in [3.63, 3.8) is 0 Å². The number of methoxy groups -OCH3 is 2. The minimum absolute atomic E-state index is 0.201. The van der Waals surface area contributed by atoms with Gasteiger partial charge in [0.25, 0.3) is 5.91 Å². The number of aryl methyl sites for hydroxylation is 1. The van der Waals surface area contributed by atoms with E-state index in [9.17, 15) is 14.4 Å². The molecular weight excluding hydrogens is 408 g/mol. The topological polar surface area (TPSA) is 122 Å². The number of rotatable bonds is 8. The van der Waals surface area contributed by atoms with Crippen LogP contribution in [0.4, 0.5) is 10.8 Å². The molecule has 0 saturated carbocycles. The van der Waals surface area contributed by atoms with Crippen molar-refractivity contribution >= 4 is 34.0 Å². The van der Waals surface area contributed by atoms with E-state index in [-0.39, 0.29) is 23.8 Å². The van der Waals surface area contributed by atoms with Crippen molar-refractivity contribution in [2.45, 2.75) is 12.8 Å². The van der Waals surface area contributed by atoms with Gasteiger partial charge in [-0.25, -0.2) is 4.98 Å². The lowest BCUT2D eigenvalue weighted by atomic mass is 10.2. The smallest absolute Gasteiger partial charge is 0.258 e. The quantitative estimate of drug-likeness (QED) is 0.507. The van der Waals surface area contributed by atoms with E-state index < -0.39 is 0 Å². The van der Waals surface area contributed by atoms with Gasteiger partial charge < -0.3 is 19.8 Å². The predicted octanol–water partition coefficient (Wildman–Crippen LogP) is 2.67. The third-order valence-corrected chi connectivity index (χ3v) is 4.91. The van der Waals surface area contributed by atoms with Gasteiger partial charge in [0.1, 0.15) is 11.5 Å². The average Bonchev–Trinajstić information content (AvgIpc) is 3.20. The Kier molecular flexibility index (Phi) is 6.81. The fourth-order valence-corrected chi connectivity index (χ4v) is 3.31. The Labute approximate surface area is 176 Å². The number of hydrogen-bond donors (Lipinski definition) is 3. The summed E-state index contributed by atoms with van der Waals surface area (Å²) in [5.74, 6) is 0.557. The molecule has 10 heteroatoms. The maximum absolute atomic E-state index is 12.3. The van der Waals surface area contributed by atoms with Crippen LogP contribution in [0.25, 0.3) is 0 Å². The molecule has 1 aromatic carbocycles. The van der Waals surface area contributed by atoms with Gasteiger partial charge in [0, 0.05) is 30.1 Å². The molecule has 0 unspecified atom stereocenters. The van der Waals surface area contributed by atoms with Crippen LogP contribution in [0.3, 0.4) is 0 Å². The number of ether oxygens (including phenoxy) is 2. The van der Waals surface area contributed by atoms with Gasteiger partial charge in [-0.15, -0.1) is 11.3 Å². The third kappa shape index (κ3) is 5.45. The van der Waals surface area contributed by atoms with Gasteiger partial charge in [-0.05, 0) is 24.6 Å². The summed E-state index contributed by atoms with van der Waals surface area (Å²) in [5.41, 5.74) is 1.24. The molecule has 3 N–H and O–H groups in total.